The highest BCUT2D eigenvalue weighted by Crippen LogP contribution is 2.35. The maximum Gasteiger partial charge on any atom is 0.184 e. The van der Waals surface area contributed by atoms with Gasteiger partial charge in [0.25, 0.3) is 0 Å². The minimum atomic E-state index is -0.926. The summed E-state index contributed by atoms with van der Waals surface area (Å²) in [5, 5.41) is 9.99. The van der Waals surface area contributed by atoms with Crippen molar-refractivity contribution < 1.29 is 8.78 Å². The van der Waals surface area contributed by atoms with Crippen LogP contribution in [0.5, 0.6) is 0 Å². The topological polar surface area (TPSA) is 42.7 Å². The molecule has 24 heavy (non-hydrogen) atoms. The number of nitrogens with zero attached hydrogens (tertiary/aromatic N) is 3. The third-order valence-electron chi connectivity index (χ3n) is 3.74. The van der Waals surface area contributed by atoms with Gasteiger partial charge in [0.05, 0.1) is 28.1 Å². The highest BCUT2D eigenvalue weighted by Gasteiger charge is 2.12. The minimum absolute atomic E-state index is 0.0257. The summed E-state index contributed by atoms with van der Waals surface area (Å²) in [6.45, 7) is 0. The molecule has 120 valence electrons. The van der Waals surface area contributed by atoms with E-state index in [2.05, 4.69) is 15.4 Å². The number of rotatable bonds is 3. The molecule has 0 fully saturated rings. The quantitative estimate of drug-likeness (QED) is 0.586. The molecule has 0 saturated carbocycles. The molecule has 0 aliphatic rings. The monoisotopic (exact) mass is 342 g/mol. The summed E-state index contributed by atoms with van der Waals surface area (Å²) in [5.41, 5.74) is 2.63. The average molecular weight is 342 g/mol. The van der Waals surface area contributed by atoms with E-state index in [0.29, 0.717) is 11.1 Å². The summed E-state index contributed by atoms with van der Waals surface area (Å²) in [6, 6.07) is 8.27. The standard InChI is InChI=1S/C17H12F2N4S/c1-23-14(4-6-21-23)17-13(5-7-24-17)22-11-8-10-2-3-12(18)15(19)16(10)20-9-11/h2-9,22H,1H3. The van der Waals surface area contributed by atoms with Gasteiger partial charge in [0.1, 0.15) is 5.52 Å². The number of aryl methyl sites for hydroxylation is 1. The second kappa shape index (κ2) is 5.68. The Bertz CT molecular complexity index is 1040. The van der Waals surface area contributed by atoms with Crippen LogP contribution in [0.1, 0.15) is 0 Å². The summed E-state index contributed by atoms with van der Waals surface area (Å²) >= 11 is 1.60. The van der Waals surface area contributed by atoms with E-state index in [4.69, 9.17) is 0 Å². The number of hydrogen-bond donors (Lipinski definition) is 1. The number of anilines is 2. The summed E-state index contributed by atoms with van der Waals surface area (Å²) in [6.07, 6.45) is 3.24. The Morgan fingerprint density at radius 2 is 2.04 bits per heavy atom. The van der Waals surface area contributed by atoms with E-state index in [1.165, 1.54) is 12.3 Å². The lowest BCUT2D eigenvalue weighted by atomic mass is 10.2. The van der Waals surface area contributed by atoms with Gasteiger partial charge < -0.3 is 5.32 Å². The van der Waals surface area contributed by atoms with E-state index in [1.54, 1.807) is 28.3 Å². The van der Waals surface area contributed by atoms with Gasteiger partial charge in [-0.3, -0.25) is 9.67 Å². The first-order valence-corrected chi connectivity index (χ1v) is 8.08. The summed E-state index contributed by atoms with van der Waals surface area (Å²) < 4.78 is 28.8. The predicted molar refractivity (Wildman–Crippen MR) is 91.5 cm³/mol. The van der Waals surface area contributed by atoms with Crippen molar-refractivity contribution in [3.63, 3.8) is 0 Å². The van der Waals surface area contributed by atoms with Crippen molar-refractivity contribution in [2.75, 3.05) is 5.32 Å². The van der Waals surface area contributed by atoms with Crippen LogP contribution in [-0.2, 0) is 7.05 Å². The Labute approximate surface area is 140 Å². The summed E-state index contributed by atoms with van der Waals surface area (Å²) in [5.74, 6) is -1.82. The lowest BCUT2D eigenvalue weighted by Gasteiger charge is -2.09. The number of hydrogen-bond acceptors (Lipinski definition) is 4. The molecule has 1 aromatic carbocycles. The van der Waals surface area contributed by atoms with Crippen LogP contribution in [0.15, 0.2) is 48.1 Å². The molecule has 0 bridgehead atoms. The lowest BCUT2D eigenvalue weighted by molar-refractivity contribution is 0.515. The van der Waals surface area contributed by atoms with Crippen molar-refractivity contribution >= 4 is 33.6 Å². The summed E-state index contributed by atoms with van der Waals surface area (Å²) in [4.78, 5) is 5.08. The van der Waals surface area contributed by atoms with E-state index < -0.39 is 11.6 Å². The molecule has 7 heteroatoms. The predicted octanol–water partition coefficient (Wildman–Crippen LogP) is 4.72. The molecule has 3 aromatic heterocycles. The van der Waals surface area contributed by atoms with Crippen molar-refractivity contribution in [3.05, 3.63) is 59.7 Å². The van der Waals surface area contributed by atoms with Crippen LogP contribution in [0.4, 0.5) is 20.2 Å². The first kappa shape index (κ1) is 14.8. The largest absolute Gasteiger partial charge is 0.353 e. The van der Waals surface area contributed by atoms with Gasteiger partial charge in [-0.1, -0.05) is 0 Å². The number of aromatic nitrogens is 3. The molecule has 4 nitrogen and oxygen atoms in total. The molecular weight excluding hydrogens is 330 g/mol. The van der Waals surface area contributed by atoms with E-state index in [1.807, 2.05) is 24.6 Å². The Balaban J connectivity index is 1.72. The Hall–Kier alpha value is -2.80. The summed E-state index contributed by atoms with van der Waals surface area (Å²) in [7, 11) is 1.88. The normalized spacial score (nSPS) is 11.1. The first-order chi connectivity index (χ1) is 11.6. The van der Waals surface area contributed by atoms with Gasteiger partial charge in [0.2, 0.25) is 0 Å². The van der Waals surface area contributed by atoms with E-state index in [0.717, 1.165) is 22.3 Å². The molecule has 0 saturated heterocycles. The molecule has 0 radical (unpaired) electrons. The molecular formula is C17H12F2N4S. The van der Waals surface area contributed by atoms with Gasteiger partial charge in [-0.25, -0.2) is 8.78 Å². The van der Waals surface area contributed by atoms with Gasteiger partial charge in [-0.2, -0.15) is 5.10 Å². The van der Waals surface area contributed by atoms with Gasteiger partial charge in [-0.15, -0.1) is 11.3 Å². The third kappa shape index (κ3) is 2.43. The van der Waals surface area contributed by atoms with Crippen molar-refractivity contribution in [2.45, 2.75) is 0 Å². The number of thiophene rings is 1. The van der Waals surface area contributed by atoms with Crippen LogP contribution < -0.4 is 5.32 Å². The van der Waals surface area contributed by atoms with Crippen LogP contribution >= 0.6 is 11.3 Å². The number of nitrogens with one attached hydrogen (secondary N) is 1. The highest BCUT2D eigenvalue weighted by molar-refractivity contribution is 7.14. The van der Waals surface area contributed by atoms with Crippen molar-refractivity contribution in [1.29, 1.82) is 0 Å². The highest BCUT2D eigenvalue weighted by atomic mass is 32.1. The van der Waals surface area contributed by atoms with E-state index in [-0.39, 0.29) is 5.52 Å². The molecule has 0 aliphatic carbocycles. The molecule has 0 aliphatic heterocycles. The van der Waals surface area contributed by atoms with Gasteiger partial charge in [0, 0.05) is 18.6 Å². The fourth-order valence-corrected chi connectivity index (χ4v) is 3.48. The Morgan fingerprint density at radius 3 is 2.83 bits per heavy atom. The molecule has 0 amide bonds. The van der Waals surface area contributed by atoms with Crippen molar-refractivity contribution in [1.82, 2.24) is 14.8 Å². The maximum absolute atomic E-state index is 13.7. The molecule has 4 aromatic rings. The van der Waals surface area contributed by atoms with Crippen molar-refractivity contribution in [3.8, 4) is 10.6 Å². The number of pyridine rings is 1. The zero-order chi connectivity index (χ0) is 16.7. The van der Waals surface area contributed by atoms with Crippen LogP contribution in [-0.4, -0.2) is 14.8 Å². The smallest absolute Gasteiger partial charge is 0.184 e. The molecule has 0 unspecified atom stereocenters. The van der Waals surface area contributed by atoms with E-state index >= 15 is 0 Å². The van der Waals surface area contributed by atoms with Crippen LogP contribution in [0.3, 0.4) is 0 Å². The lowest BCUT2D eigenvalue weighted by Crippen LogP contribution is -1.96. The molecule has 0 spiro atoms. The Kier molecular flexibility index (Phi) is 3.50. The fraction of sp³-hybridized carbons (Fsp3) is 0.0588. The van der Waals surface area contributed by atoms with E-state index in [9.17, 15) is 8.78 Å². The van der Waals surface area contributed by atoms with Gasteiger partial charge in [0.15, 0.2) is 11.6 Å². The second-order valence-corrected chi connectivity index (χ2v) is 6.20. The number of halogens is 2. The maximum atomic E-state index is 13.7. The number of benzene rings is 1. The minimum Gasteiger partial charge on any atom is -0.353 e. The molecule has 3 heterocycles. The fourth-order valence-electron chi connectivity index (χ4n) is 2.57. The van der Waals surface area contributed by atoms with Crippen LogP contribution in [0.25, 0.3) is 21.5 Å². The number of fused-ring (bicyclic) bond motifs is 1. The first-order valence-electron chi connectivity index (χ1n) is 7.20. The zero-order valence-electron chi connectivity index (χ0n) is 12.6. The second-order valence-electron chi connectivity index (χ2n) is 5.29. The SMILES string of the molecule is Cn1nccc1-c1sccc1Nc1cnc2c(F)c(F)ccc2c1. The molecule has 1 N–H and O–H groups in total. The Morgan fingerprint density at radius 1 is 1.17 bits per heavy atom. The molecule has 0 atom stereocenters. The van der Waals surface area contributed by atoms with Crippen LogP contribution in [0, 0.1) is 11.6 Å². The average Bonchev–Trinajstić information content (AvgIpc) is 3.19. The molecule has 4 rings (SSSR count). The van der Waals surface area contributed by atoms with Gasteiger partial charge >= 0.3 is 0 Å². The zero-order valence-corrected chi connectivity index (χ0v) is 13.4. The van der Waals surface area contributed by atoms with Crippen LogP contribution in [0.2, 0.25) is 0 Å². The van der Waals surface area contributed by atoms with Gasteiger partial charge in [-0.05, 0) is 35.7 Å². The third-order valence-corrected chi connectivity index (χ3v) is 4.68. The van der Waals surface area contributed by atoms with Crippen molar-refractivity contribution in [2.24, 2.45) is 7.05 Å².